The third-order valence-electron chi connectivity index (χ3n) is 2.40. The van der Waals surface area contributed by atoms with Crippen LogP contribution in [-0.2, 0) is 17.8 Å². The normalized spacial score (nSPS) is 10.6. The van der Waals surface area contributed by atoms with Gasteiger partial charge in [0.25, 0.3) is 5.56 Å². The molecule has 0 saturated heterocycles. The van der Waals surface area contributed by atoms with Gasteiger partial charge >= 0.3 is 0 Å². The molecule has 1 heterocycles. The second-order valence-corrected chi connectivity index (χ2v) is 4.36. The van der Waals surface area contributed by atoms with Gasteiger partial charge in [0, 0.05) is 24.6 Å². The first-order valence-electron chi connectivity index (χ1n) is 5.50. The molecule has 1 aromatic heterocycles. The first kappa shape index (κ1) is 12.8. The highest BCUT2D eigenvalue weighted by Crippen LogP contribution is 2.12. The monoisotopic (exact) mass is 264 g/mol. The van der Waals surface area contributed by atoms with E-state index in [1.165, 1.54) is 6.07 Å². The molecule has 0 spiro atoms. The molecule has 0 atom stereocenters. The van der Waals surface area contributed by atoms with Gasteiger partial charge in [-0.1, -0.05) is 23.7 Å². The van der Waals surface area contributed by atoms with Gasteiger partial charge in [0.05, 0.1) is 12.3 Å². The zero-order chi connectivity index (χ0) is 13.0. The summed E-state index contributed by atoms with van der Waals surface area (Å²) < 4.78 is 4.97. The van der Waals surface area contributed by atoms with Gasteiger partial charge in [-0.2, -0.15) is 0 Å². The molecule has 5 heteroatoms. The number of H-pyrrole nitrogens is 1. The van der Waals surface area contributed by atoms with Crippen LogP contribution in [0.1, 0.15) is 17.1 Å². The quantitative estimate of drug-likeness (QED) is 0.921. The number of nitrogens with one attached hydrogen (secondary N) is 1. The second-order valence-electron chi connectivity index (χ2n) is 3.92. The standard InChI is InChI=1S/C13H13ClN2O2/c1-18-8-11-7-13(17)16-12(15-11)6-9-3-2-4-10(14)5-9/h2-5,7H,6,8H2,1H3,(H,15,16,17). The maximum Gasteiger partial charge on any atom is 0.251 e. The molecule has 0 unspecified atom stereocenters. The number of nitrogens with zero attached hydrogens (tertiary/aromatic N) is 1. The van der Waals surface area contributed by atoms with Crippen LogP contribution in [0.25, 0.3) is 0 Å². The molecule has 2 aromatic rings. The van der Waals surface area contributed by atoms with Crippen molar-refractivity contribution in [1.82, 2.24) is 9.97 Å². The molecule has 0 aliphatic rings. The van der Waals surface area contributed by atoms with Crippen LogP contribution in [0.5, 0.6) is 0 Å². The number of halogens is 1. The number of methoxy groups -OCH3 is 1. The third-order valence-corrected chi connectivity index (χ3v) is 2.63. The first-order chi connectivity index (χ1) is 8.67. The van der Waals surface area contributed by atoms with E-state index in [1.54, 1.807) is 7.11 Å². The molecule has 0 radical (unpaired) electrons. The number of aromatic amines is 1. The van der Waals surface area contributed by atoms with Gasteiger partial charge in [0.1, 0.15) is 5.82 Å². The summed E-state index contributed by atoms with van der Waals surface area (Å²) in [5.41, 5.74) is 1.45. The van der Waals surface area contributed by atoms with Crippen LogP contribution in [0.4, 0.5) is 0 Å². The minimum absolute atomic E-state index is 0.172. The Morgan fingerprint density at radius 2 is 2.22 bits per heavy atom. The molecule has 18 heavy (non-hydrogen) atoms. The summed E-state index contributed by atoms with van der Waals surface area (Å²) in [6.07, 6.45) is 0.535. The van der Waals surface area contributed by atoms with E-state index in [0.29, 0.717) is 29.6 Å². The van der Waals surface area contributed by atoms with Crippen LogP contribution in [-0.4, -0.2) is 17.1 Å². The fourth-order valence-corrected chi connectivity index (χ4v) is 1.92. The fraction of sp³-hybridized carbons (Fsp3) is 0.231. The lowest BCUT2D eigenvalue weighted by Crippen LogP contribution is -2.13. The Bertz CT molecular complexity index is 596. The largest absolute Gasteiger partial charge is 0.378 e. The van der Waals surface area contributed by atoms with Gasteiger partial charge < -0.3 is 9.72 Å². The average Bonchev–Trinajstić information content (AvgIpc) is 2.28. The average molecular weight is 265 g/mol. The predicted octanol–water partition coefficient (Wildman–Crippen LogP) is 2.16. The van der Waals surface area contributed by atoms with Crippen molar-refractivity contribution in [2.24, 2.45) is 0 Å². The van der Waals surface area contributed by atoms with E-state index in [2.05, 4.69) is 9.97 Å². The molecule has 2 rings (SSSR count). The lowest BCUT2D eigenvalue weighted by atomic mass is 10.1. The topological polar surface area (TPSA) is 55.0 Å². The van der Waals surface area contributed by atoms with Gasteiger partial charge in [-0.25, -0.2) is 4.98 Å². The predicted molar refractivity (Wildman–Crippen MR) is 69.8 cm³/mol. The van der Waals surface area contributed by atoms with Crippen molar-refractivity contribution in [2.75, 3.05) is 7.11 Å². The van der Waals surface area contributed by atoms with E-state index in [-0.39, 0.29) is 5.56 Å². The highest BCUT2D eigenvalue weighted by Gasteiger charge is 2.03. The Balaban J connectivity index is 2.26. The zero-order valence-corrected chi connectivity index (χ0v) is 10.7. The number of benzene rings is 1. The first-order valence-corrected chi connectivity index (χ1v) is 5.87. The summed E-state index contributed by atoms with van der Waals surface area (Å²) in [5.74, 6) is 0.608. The van der Waals surface area contributed by atoms with E-state index < -0.39 is 0 Å². The van der Waals surface area contributed by atoms with Crippen LogP contribution in [0, 0.1) is 0 Å². The molecule has 1 aromatic carbocycles. The highest BCUT2D eigenvalue weighted by molar-refractivity contribution is 6.30. The number of hydrogen-bond donors (Lipinski definition) is 1. The third kappa shape index (κ3) is 3.42. The van der Waals surface area contributed by atoms with Crippen molar-refractivity contribution in [3.05, 3.63) is 62.8 Å². The SMILES string of the molecule is COCc1cc(=O)[nH]c(Cc2cccc(Cl)c2)n1. The summed E-state index contributed by atoms with van der Waals surface area (Å²) in [6, 6.07) is 8.90. The van der Waals surface area contributed by atoms with E-state index in [0.717, 1.165) is 5.56 Å². The van der Waals surface area contributed by atoms with Crippen molar-refractivity contribution < 1.29 is 4.74 Å². The Labute approximate surface area is 110 Å². The summed E-state index contributed by atoms with van der Waals surface area (Å²) in [6.45, 7) is 0.326. The maximum absolute atomic E-state index is 11.5. The van der Waals surface area contributed by atoms with Gasteiger partial charge in [-0.3, -0.25) is 4.79 Å². The lowest BCUT2D eigenvalue weighted by Gasteiger charge is -2.04. The molecule has 0 aliphatic heterocycles. The number of ether oxygens (including phenoxy) is 1. The zero-order valence-electron chi connectivity index (χ0n) is 9.94. The van der Waals surface area contributed by atoms with Gasteiger partial charge in [-0.15, -0.1) is 0 Å². The summed E-state index contributed by atoms with van der Waals surface area (Å²) in [4.78, 5) is 18.5. The Morgan fingerprint density at radius 3 is 2.94 bits per heavy atom. The molecular formula is C13H13ClN2O2. The fourth-order valence-electron chi connectivity index (χ4n) is 1.71. The van der Waals surface area contributed by atoms with Crippen LogP contribution >= 0.6 is 11.6 Å². The van der Waals surface area contributed by atoms with Crippen molar-refractivity contribution in [1.29, 1.82) is 0 Å². The van der Waals surface area contributed by atoms with Crippen LogP contribution in [0.15, 0.2) is 35.1 Å². The van der Waals surface area contributed by atoms with E-state index >= 15 is 0 Å². The molecule has 0 bridgehead atoms. The molecule has 0 amide bonds. The van der Waals surface area contributed by atoms with E-state index in [4.69, 9.17) is 16.3 Å². The second kappa shape index (κ2) is 5.80. The highest BCUT2D eigenvalue weighted by atomic mass is 35.5. The van der Waals surface area contributed by atoms with Crippen LogP contribution in [0.3, 0.4) is 0 Å². The molecule has 94 valence electrons. The molecule has 0 aliphatic carbocycles. The minimum atomic E-state index is -0.172. The van der Waals surface area contributed by atoms with Crippen LogP contribution in [0.2, 0.25) is 5.02 Å². The van der Waals surface area contributed by atoms with Crippen molar-refractivity contribution >= 4 is 11.6 Å². The minimum Gasteiger partial charge on any atom is -0.378 e. The van der Waals surface area contributed by atoms with Gasteiger partial charge in [0.2, 0.25) is 0 Å². The summed E-state index contributed by atoms with van der Waals surface area (Å²) >= 11 is 5.91. The Kier molecular flexibility index (Phi) is 4.12. The smallest absolute Gasteiger partial charge is 0.251 e. The van der Waals surface area contributed by atoms with Crippen molar-refractivity contribution in [3.63, 3.8) is 0 Å². The van der Waals surface area contributed by atoms with Gasteiger partial charge in [-0.05, 0) is 17.7 Å². The molecule has 0 saturated carbocycles. The molecule has 1 N–H and O–H groups in total. The van der Waals surface area contributed by atoms with E-state index in [9.17, 15) is 4.79 Å². The van der Waals surface area contributed by atoms with Crippen molar-refractivity contribution in [3.8, 4) is 0 Å². The molecule has 0 fully saturated rings. The Hall–Kier alpha value is -1.65. The summed E-state index contributed by atoms with van der Waals surface area (Å²) in [7, 11) is 1.57. The number of aromatic nitrogens is 2. The van der Waals surface area contributed by atoms with Gasteiger partial charge in [0.15, 0.2) is 0 Å². The summed E-state index contributed by atoms with van der Waals surface area (Å²) in [5, 5.41) is 0.669. The van der Waals surface area contributed by atoms with Crippen LogP contribution < -0.4 is 5.56 Å². The molecule has 4 nitrogen and oxygen atoms in total. The maximum atomic E-state index is 11.5. The van der Waals surface area contributed by atoms with Crippen molar-refractivity contribution in [2.45, 2.75) is 13.0 Å². The van der Waals surface area contributed by atoms with E-state index in [1.807, 2.05) is 24.3 Å². The number of hydrogen-bond acceptors (Lipinski definition) is 3. The lowest BCUT2D eigenvalue weighted by molar-refractivity contribution is 0.181. The molecular weight excluding hydrogens is 252 g/mol. The Morgan fingerprint density at radius 1 is 1.39 bits per heavy atom. The number of rotatable bonds is 4.